The molecule has 0 aromatic rings. The highest BCUT2D eigenvalue weighted by atomic mass is 16.3. The zero-order valence-electron chi connectivity index (χ0n) is 9.92. The van der Waals surface area contributed by atoms with Crippen LogP contribution in [0.5, 0.6) is 0 Å². The highest BCUT2D eigenvalue weighted by Crippen LogP contribution is 2.13. The van der Waals surface area contributed by atoms with E-state index >= 15 is 0 Å². The molecule has 2 N–H and O–H groups in total. The number of nitrogens with one attached hydrogen (secondary N) is 1. The third kappa shape index (κ3) is 3.32. The van der Waals surface area contributed by atoms with E-state index in [-0.39, 0.29) is 5.91 Å². The Morgan fingerprint density at radius 1 is 1.53 bits per heavy atom. The summed E-state index contributed by atoms with van der Waals surface area (Å²) in [6.07, 6.45) is 0. The Balaban J connectivity index is 2.60. The van der Waals surface area contributed by atoms with Gasteiger partial charge in [-0.2, -0.15) is 0 Å². The summed E-state index contributed by atoms with van der Waals surface area (Å²) < 4.78 is 0. The minimum absolute atomic E-state index is 0.00799. The van der Waals surface area contributed by atoms with Gasteiger partial charge in [0.2, 0.25) is 5.91 Å². The Kier molecular flexibility index (Phi) is 3.52. The van der Waals surface area contributed by atoms with Crippen LogP contribution in [-0.4, -0.2) is 48.2 Å². The summed E-state index contributed by atoms with van der Waals surface area (Å²) in [7, 11) is 1.72. The third-order valence-corrected chi connectivity index (χ3v) is 2.50. The lowest BCUT2D eigenvalue weighted by molar-refractivity contribution is -0.128. The van der Waals surface area contributed by atoms with E-state index < -0.39 is 5.60 Å². The van der Waals surface area contributed by atoms with Crippen molar-refractivity contribution in [3.05, 3.63) is 11.1 Å². The predicted octanol–water partition coefficient (Wildman–Crippen LogP) is 0.135. The van der Waals surface area contributed by atoms with Gasteiger partial charge in [-0.05, 0) is 26.3 Å². The van der Waals surface area contributed by atoms with E-state index in [0.29, 0.717) is 6.54 Å². The fraction of sp³-hybridized carbons (Fsp3) is 0.727. The van der Waals surface area contributed by atoms with Crippen LogP contribution < -0.4 is 5.32 Å². The Bertz CT molecular complexity index is 283. The van der Waals surface area contributed by atoms with Crippen LogP contribution in [0.2, 0.25) is 0 Å². The second kappa shape index (κ2) is 4.33. The van der Waals surface area contributed by atoms with E-state index in [1.807, 2.05) is 6.92 Å². The highest BCUT2D eigenvalue weighted by Gasteiger charge is 2.23. The number of hydrogen-bond donors (Lipinski definition) is 2. The predicted molar refractivity (Wildman–Crippen MR) is 59.5 cm³/mol. The van der Waals surface area contributed by atoms with Crippen molar-refractivity contribution >= 4 is 5.91 Å². The summed E-state index contributed by atoms with van der Waals surface area (Å²) >= 11 is 0. The van der Waals surface area contributed by atoms with Gasteiger partial charge in [-0.25, -0.2) is 0 Å². The molecule has 0 bridgehead atoms. The maximum Gasteiger partial charge on any atom is 0.249 e. The normalized spacial score (nSPS) is 15.9. The molecule has 0 unspecified atom stereocenters. The molecule has 0 saturated carbocycles. The average Bonchev–Trinajstić information content (AvgIpc) is 1.96. The van der Waals surface area contributed by atoms with Gasteiger partial charge < -0.3 is 15.3 Å². The van der Waals surface area contributed by atoms with Crippen LogP contribution in [0.25, 0.3) is 0 Å². The van der Waals surface area contributed by atoms with Crippen LogP contribution in [0.3, 0.4) is 0 Å². The highest BCUT2D eigenvalue weighted by molar-refractivity contribution is 5.93. The standard InChI is InChI=1S/C11H20N2O2/c1-8(9-5-12-6-9)10(14)13(4)7-11(2,3)15/h12,15H,5-7H2,1-4H3. The van der Waals surface area contributed by atoms with Crippen molar-refractivity contribution in [1.82, 2.24) is 10.2 Å². The van der Waals surface area contributed by atoms with Gasteiger partial charge >= 0.3 is 0 Å². The molecule has 0 radical (unpaired) electrons. The molecule has 86 valence electrons. The fourth-order valence-electron chi connectivity index (χ4n) is 1.60. The molecule has 0 aromatic carbocycles. The van der Waals surface area contributed by atoms with E-state index in [0.717, 1.165) is 18.7 Å². The van der Waals surface area contributed by atoms with Crippen molar-refractivity contribution in [2.45, 2.75) is 26.4 Å². The minimum atomic E-state index is -0.840. The Morgan fingerprint density at radius 3 is 2.40 bits per heavy atom. The number of likely N-dealkylation sites (N-methyl/N-ethyl adjacent to an activating group) is 1. The Hall–Kier alpha value is -0.870. The lowest BCUT2D eigenvalue weighted by atomic mass is 10.0. The monoisotopic (exact) mass is 212 g/mol. The van der Waals surface area contributed by atoms with Gasteiger partial charge in [-0.15, -0.1) is 0 Å². The quantitative estimate of drug-likeness (QED) is 0.654. The summed E-state index contributed by atoms with van der Waals surface area (Å²) in [4.78, 5) is 13.5. The van der Waals surface area contributed by atoms with Crippen LogP contribution in [0.4, 0.5) is 0 Å². The summed E-state index contributed by atoms with van der Waals surface area (Å²) in [5, 5.41) is 12.7. The molecule has 0 aliphatic carbocycles. The van der Waals surface area contributed by atoms with Gasteiger partial charge in [0, 0.05) is 32.3 Å². The molecule has 15 heavy (non-hydrogen) atoms. The molecule has 1 aliphatic heterocycles. The maximum atomic E-state index is 11.9. The molecule has 1 amide bonds. The minimum Gasteiger partial charge on any atom is -0.389 e. The number of carbonyl (C=O) groups excluding carboxylic acids is 1. The number of aliphatic hydroxyl groups is 1. The average molecular weight is 212 g/mol. The van der Waals surface area contributed by atoms with Crippen LogP contribution >= 0.6 is 0 Å². The van der Waals surface area contributed by atoms with Gasteiger partial charge in [0.1, 0.15) is 0 Å². The topological polar surface area (TPSA) is 52.6 Å². The van der Waals surface area contributed by atoms with Crippen LogP contribution in [0, 0.1) is 0 Å². The van der Waals surface area contributed by atoms with E-state index in [4.69, 9.17) is 0 Å². The first kappa shape index (κ1) is 12.2. The molecular formula is C11H20N2O2. The molecule has 0 spiro atoms. The van der Waals surface area contributed by atoms with E-state index in [1.54, 1.807) is 25.8 Å². The summed E-state index contributed by atoms with van der Waals surface area (Å²) in [6.45, 7) is 7.22. The first-order chi connectivity index (χ1) is 6.81. The van der Waals surface area contributed by atoms with Crippen molar-refractivity contribution in [2.75, 3.05) is 26.7 Å². The smallest absolute Gasteiger partial charge is 0.249 e. The van der Waals surface area contributed by atoms with Gasteiger partial charge in [-0.1, -0.05) is 0 Å². The van der Waals surface area contributed by atoms with Crippen LogP contribution in [0.15, 0.2) is 11.1 Å². The lowest BCUT2D eigenvalue weighted by Gasteiger charge is -2.28. The number of nitrogens with zero attached hydrogens (tertiary/aromatic N) is 1. The van der Waals surface area contributed by atoms with Crippen LogP contribution in [0.1, 0.15) is 20.8 Å². The van der Waals surface area contributed by atoms with E-state index in [1.165, 1.54) is 5.57 Å². The summed E-state index contributed by atoms with van der Waals surface area (Å²) in [6, 6.07) is 0. The van der Waals surface area contributed by atoms with E-state index in [9.17, 15) is 9.90 Å². The fourth-order valence-corrected chi connectivity index (χ4v) is 1.60. The van der Waals surface area contributed by atoms with Gasteiger partial charge in [0.25, 0.3) is 0 Å². The molecule has 1 heterocycles. The third-order valence-electron chi connectivity index (χ3n) is 2.50. The number of amides is 1. The zero-order chi connectivity index (χ0) is 11.6. The number of rotatable bonds is 3. The SMILES string of the molecule is CC(C(=O)N(C)CC(C)(C)O)=C1CNC1. The van der Waals surface area contributed by atoms with Gasteiger partial charge in [-0.3, -0.25) is 4.79 Å². The van der Waals surface area contributed by atoms with Crippen molar-refractivity contribution in [3.8, 4) is 0 Å². The van der Waals surface area contributed by atoms with Crippen molar-refractivity contribution in [2.24, 2.45) is 0 Å². The molecule has 4 nitrogen and oxygen atoms in total. The molecular weight excluding hydrogens is 192 g/mol. The summed E-state index contributed by atoms with van der Waals surface area (Å²) in [5.41, 5.74) is 1.14. The first-order valence-corrected chi connectivity index (χ1v) is 5.18. The Labute approximate surface area is 91.0 Å². The largest absolute Gasteiger partial charge is 0.389 e. The van der Waals surface area contributed by atoms with Crippen LogP contribution in [-0.2, 0) is 4.79 Å². The van der Waals surface area contributed by atoms with Crippen molar-refractivity contribution in [1.29, 1.82) is 0 Å². The second-order valence-electron chi connectivity index (χ2n) is 4.81. The maximum absolute atomic E-state index is 11.9. The second-order valence-corrected chi connectivity index (χ2v) is 4.81. The van der Waals surface area contributed by atoms with Gasteiger partial charge in [0.15, 0.2) is 0 Å². The molecule has 1 fully saturated rings. The van der Waals surface area contributed by atoms with E-state index in [2.05, 4.69) is 5.32 Å². The van der Waals surface area contributed by atoms with Crippen molar-refractivity contribution in [3.63, 3.8) is 0 Å². The summed E-state index contributed by atoms with van der Waals surface area (Å²) in [5.74, 6) is 0.00799. The Morgan fingerprint density at radius 2 is 2.07 bits per heavy atom. The number of carbonyl (C=O) groups is 1. The zero-order valence-corrected chi connectivity index (χ0v) is 9.92. The molecule has 4 heteroatoms. The molecule has 0 atom stereocenters. The van der Waals surface area contributed by atoms with Gasteiger partial charge in [0.05, 0.1) is 5.60 Å². The number of hydrogen-bond acceptors (Lipinski definition) is 3. The lowest BCUT2D eigenvalue weighted by Crippen LogP contribution is -2.42. The molecule has 1 rings (SSSR count). The molecule has 1 saturated heterocycles. The molecule has 0 aromatic heterocycles. The van der Waals surface area contributed by atoms with Crippen molar-refractivity contribution < 1.29 is 9.90 Å². The molecule has 1 aliphatic rings. The first-order valence-electron chi connectivity index (χ1n) is 5.18.